The van der Waals surface area contributed by atoms with E-state index in [0.29, 0.717) is 19.4 Å². The molecule has 0 radical (unpaired) electrons. The van der Waals surface area contributed by atoms with Crippen LogP contribution in [0.2, 0.25) is 5.02 Å². The van der Waals surface area contributed by atoms with Crippen molar-refractivity contribution < 1.29 is 9.59 Å². The van der Waals surface area contributed by atoms with E-state index >= 15 is 0 Å². The van der Waals surface area contributed by atoms with Gasteiger partial charge in [-0.1, -0.05) is 42.8 Å². The average Bonchev–Trinajstić information content (AvgIpc) is 2.73. The zero-order chi connectivity index (χ0) is 21.2. The molecular formula is C23H29ClN2O2S. The van der Waals surface area contributed by atoms with Crippen molar-refractivity contribution >= 4 is 35.2 Å². The van der Waals surface area contributed by atoms with Crippen LogP contribution in [0.5, 0.6) is 0 Å². The molecular weight excluding hydrogens is 404 g/mol. The minimum atomic E-state index is -0.462. The van der Waals surface area contributed by atoms with Gasteiger partial charge in [0.15, 0.2) is 0 Å². The molecule has 2 amide bonds. The SMILES string of the molecule is CC[C@@H](C(=O)NC)N(Cc1ccccc1C)C(=O)CCCSc1ccc(Cl)cc1. The first-order chi connectivity index (χ1) is 14.0. The molecule has 2 rings (SSSR count). The van der Waals surface area contributed by atoms with Gasteiger partial charge in [-0.2, -0.15) is 0 Å². The van der Waals surface area contributed by atoms with Crippen LogP contribution < -0.4 is 5.32 Å². The van der Waals surface area contributed by atoms with Crippen molar-refractivity contribution in [1.29, 1.82) is 0 Å². The van der Waals surface area contributed by atoms with E-state index in [1.54, 1.807) is 23.7 Å². The minimum Gasteiger partial charge on any atom is -0.357 e. The third-order valence-corrected chi connectivity index (χ3v) is 6.20. The summed E-state index contributed by atoms with van der Waals surface area (Å²) >= 11 is 7.62. The topological polar surface area (TPSA) is 49.4 Å². The van der Waals surface area contributed by atoms with Crippen LogP contribution in [0.1, 0.15) is 37.3 Å². The van der Waals surface area contributed by atoms with Gasteiger partial charge in [0.25, 0.3) is 0 Å². The Balaban J connectivity index is 2.02. The van der Waals surface area contributed by atoms with Crippen LogP contribution in [0, 0.1) is 6.92 Å². The Bertz CT molecular complexity index is 811. The normalized spacial score (nSPS) is 11.7. The maximum Gasteiger partial charge on any atom is 0.242 e. The number of nitrogens with zero attached hydrogens (tertiary/aromatic N) is 1. The van der Waals surface area contributed by atoms with Crippen molar-refractivity contribution in [3.63, 3.8) is 0 Å². The lowest BCUT2D eigenvalue weighted by atomic mass is 10.1. The highest BCUT2D eigenvalue weighted by Gasteiger charge is 2.27. The number of halogens is 1. The molecule has 0 saturated heterocycles. The molecule has 156 valence electrons. The van der Waals surface area contributed by atoms with E-state index in [-0.39, 0.29) is 11.8 Å². The summed E-state index contributed by atoms with van der Waals surface area (Å²) in [6, 6.07) is 15.2. The fourth-order valence-corrected chi connectivity index (χ4v) is 4.12. The van der Waals surface area contributed by atoms with Gasteiger partial charge in [-0.05, 0) is 60.9 Å². The third kappa shape index (κ3) is 7.09. The lowest BCUT2D eigenvalue weighted by Crippen LogP contribution is -2.48. The van der Waals surface area contributed by atoms with Crippen LogP contribution in [0.3, 0.4) is 0 Å². The van der Waals surface area contributed by atoms with E-state index < -0.39 is 6.04 Å². The largest absolute Gasteiger partial charge is 0.357 e. The Morgan fingerprint density at radius 3 is 2.45 bits per heavy atom. The summed E-state index contributed by atoms with van der Waals surface area (Å²) in [6.45, 7) is 4.41. The monoisotopic (exact) mass is 432 g/mol. The van der Waals surface area contributed by atoms with Gasteiger partial charge in [0, 0.05) is 29.9 Å². The molecule has 2 aromatic carbocycles. The number of likely N-dealkylation sites (N-methyl/N-ethyl adjacent to an activating group) is 1. The minimum absolute atomic E-state index is 0.0143. The number of rotatable bonds is 10. The summed E-state index contributed by atoms with van der Waals surface area (Å²) in [4.78, 5) is 28.3. The van der Waals surface area contributed by atoms with E-state index in [4.69, 9.17) is 11.6 Å². The molecule has 0 aliphatic rings. The number of nitrogens with one attached hydrogen (secondary N) is 1. The lowest BCUT2D eigenvalue weighted by Gasteiger charge is -2.30. The van der Waals surface area contributed by atoms with Crippen LogP contribution in [-0.2, 0) is 16.1 Å². The van der Waals surface area contributed by atoms with Gasteiger partial charge in [0.05, 0.1) is 0 Å². The first-order valence-corrected chi connectivity index (χ1v) is 11.3. The maximum absolute atomic E-state index is 13.1. The fraction of sp³-hybridized carbons (Fsp3) is 0.391. The highest BCUT2D eigenvalue weighted by molar-refractivity contribution is 7.99. The number of hydrogen-bond acceptors (Lipinski definition) is 3. The predicted octanol–water partition coefficient (Wildman–Crippen LogP) is 5.07. The van der Waals surface area contributed by atoms with Crippen LogP contribution >= 0.6 is 23.4 Å². The molecule has 2 aromatic rings. The van der Waals surface area contributed by atoms with E-state index in [1.165, 1.54) is 0 Å². The van der Waals surface area contributed by atoms with Crippen LogP contribution in [0.4, 0.5) is 0 Å². The first-order valence-electron chi connectivity index (χ1n) is 9.90. The number of carbonyl (C=O) groups excluding carboxylic acids is 2. The van der Waals surface area contributed by atoms with Gasteiger partial charge in [-0.25, -0.2) is 0 Å². The summed E-state index contributed by atoms with van der Waals surface area (Å²) in [5.41, 5.74) is 2.19. The Kier molecular flexibility index (Phi) is 9.55. The number of benzene rings is 2. The van der Waals surface area contributed by atoms with E-state index in [9.17, 15) is 9.59 Å². The van der Waals surface area contributed by atoms with E-state index in [1.807, 2.05) is 62.4 Å². The summed E-state index contributed by atoms with van der Waals surface area (Å²) < 4.78 is 0. The van der Waals surface area contributed by atoms with Crippen LogP contribution in [-0.4, -0.2) is 35.6 Å². The van der Waals surface area contributed by atoms with E-state index in [0.717, 1.165) is 33.2 Å². The molecule has 4 nitrogen and oxygen atoms in total. The average molecular weight is 433 g/mol. The molecule has 0 saturated carbocycles. The number of aryl methyl sites for hydroxylation is 1. The highest BCUT2D eigenvalue weighted by atomic mass is 35.5. The van der Waals surface area contributed by atoms with Gasteiger partial charge in [0.1, 0.15) is 6.04 Å². The molecule has 0 fully saturated rings. The van der Waals surface area contributed by atoms with Crippen LogP contribution in [0.15, 0.2) is 53.4 Å². The van der Waals surface area contributed by atoms with Gasteiger partial charge in [-0.15, -0.1) is 11.8 Å². The van der Waals surface area contributed by atoms with Crippen molar-refractivity contribution in [2.45, 2.75) is 50.6 Å². The second-order valence-electron chi connectivity index (χ2n) is 6.89. The molecule has 0 unspecified atom stereocenters. The van der Waals surface area contributed by atoms with Crippen molar-refractivity contribution in [2.75, 3.05) is 12.8 Å². The summed E-state index contributed by atoms with van der Waals surface area (Å²) in [5, 5.41) is 3.42. The Hall–Kier alpha value is -1.98. The van der Waals surface area contributed by atoms with Gasteiger partial charge in [0.2, 0.25) is 11.8 Å². The second-order valence-corrected chi connectivity index (χ2v) is 8.50. The van der Waals surface area contributed by atoms with Crippen molar-refractivity contribution in [1.82, 2.24) is 10.2 Å². The fourth-order valence-electron chi connectivity index (χ4n) is 3.14. The van der Waals surface area contributed by atoms with Gasteiger partial charge >= 0.3 is 0 Å². The zero-order valence-corrected chi connectivity index (χ0v) is 18.9. The number of thioether (sulfide) groups is 1. The molecule has 0 spiro atoms. The zero-order valence-electron chi connectivity index (χ0n) is 17.3. The molecule has 0 bridgehead atoms. The molecule has 6 heteroatoms. The van der Waals surface area contributed by atoms with Gasteiger partial charge < -0.3 is 10.2 Å². The number of hydrogen-bond donors (Lipinski definition) is 1. The smallest absolute Gasteiger partial charge is 0.242 e. The van der Waals surface area contributed by atoms with Crippen molar-refractivity contribution in [3.05, 3.63) is 64.7 Å². The number of carbonyl (C=O) groups is 2. The Morgan fingerprint density at radius 2 is 1.83 bits per heavy atom. The lowest BCUT2D eigenvalue weighted by molar-refractivity contribution is -0.141. The quantitative estimate of drug-likeness (QED) is 0.421. The summed E-state index contributed by atoms with van der Waals surface area (Å²) in [6.07, 6.45) is 1.75. The molecule has 1 N–H and O–H groups in total. The van der Waals surface area contributed by atoms with Crippen molar-refractivity contribution in [2.24, 2.45) is 0 Å². The molecule has 29 heavy (non-hydrogen) atoms. The standard InChI is InChI=1S/C23H29ClN2O2S/c1-4-21(23(28)25-3)26(16-18-9-6-5-8-17(18)2)22(27)10-7-15-29-20-13-11-19(24)12-14-20/h5-6,8-9,11-14,21H,4,7,10,15-16H2,1-3H3,(H,25,28)/t21-/m0/s1. The molecule has 0 aromatic heterocycles. The Labute approximate surface area is 183 Å². The number of amides is 2. The molecule has 0 aliphatic carbocycles. The summed E-state index contributed by atoms with van der Waals surface area (Å²) in [7, 11) is 1.62. The maximum atomic E-state index is 13.1. The Morgan fingerprint density at radius 1 is 1.14 bits per heavy atom. The van der Waals surface area contributed by atoms with Crippen LogP contribution in [0.25, 0.3) is 0 Å². The molecule has 0 heterocycles. The second kappa shape index (κ2) is 11.9. The van der Waals surface area contributed by atoms with E-state index in [2.05, 4.69) is 5.32 Å². The molecule has 0 aliphatic heterocycles. The third-order valence-electron chi connectivity index (χ3n) is 4.85. The van der Waals surface area contributed by atoms with Gasteiger partial charge in [-0.3, -0.25) is 9.59 Å². The first kappa shape index (κ1) is 23.3. The predicted molar refractivity (Wildman–Crippen MR) is 121 cm³/mol. The molecule has 1 atom stereocenters. The summed E-state index contributed by atoms with van der Waals surface area (Å²) in [5.74, 6) is 0.730. The highest BCUT2D eigenvalue weighted by Crippen LogP contribution is 2.22. The van der Waals surface area contributed by atoms with Crippen molar-refractivity contribution in [3.8, 4) is 0 Å².